The number of rotatable bonds is 7. The standard InChI is InChI=1S/C21H22N2O/c22-15-19(21-8-4-5-13-23-21)14-17-9-11-20(12-10-17)24-16-18-6-2-1-3-7-18/h1-13,19H,14-16,22H2. The minimum atomic E-state index is 0.238. The second kappa shape index (κ2) is 8.27. The van der Waals surface area contributed by atoms with Crippen molar-refractivity contribution in [2.24, 2.45) is 5.73 Å². The Kier molecular flexibility index (Phi) is 5.59. The minimum absolute atomic E-state index is 0.238. The summed E-state index contributed by atoms with van der Waals surface area (Å²) in [5, 5.41) is 0. The molecule has 3 aromatic rings. The van der Waals surface area contributed by atoms with Crippen molar-refractivity contribution in [2.75, 3.05) is 6.54 Å². The van der Waals surface area contributed by atoms with Crippen LogP contribution in [0.4, 0.5) is 0 Å². The highest BCUT2D eigenvalue weighted by Crippen LogP contribution is 2.20. The van der Waals surface area contributed by atoms with Gasteiger partial charge >= 0.3 is 0 Å². The number of hydrogen-bond donors (Lipinski definition) is 1. The van der Waals surface area contributed by atoms with Crippen molar-refractivity contribution in [3.05, 3.63) is 95.8 Å². The first kappa shape index (κ1) is 16.2. The summed E-state index contributed by atoms with van der Waals surface area (Å²) in [6, 6.07) is 24.4. The van der Waals surface area contributed by atoms with Gasteiger partial charge in [0.05, 0.1) is 0 Å². The first-order valence-corrected chi connectivity index (χ1v) is 8.22. The molecule has 0 fully saturated rings. The molecule has 2 aromatic carbocycles. The predicted octanol–water partition coefficient (Wildman–Crippen LogP) is 3.95. The normalized spacial score (nSPS) is 11.9. The lowest BCUT2D eigenvalue weighted by Gasteiger charge is -2.14. The molecule has 1 aromatic heterocycles. The second-order valence-electron chi connectivity index (χ2n) is 5.81. The molecule has 0 saturated heterocycles. The van der Waals surface area contributed by atoms with Crippen LogP contribution < -0.4 is 10.5 Å². The molecular weight excluding hydrogens is 296 g/mol. The molecule has 24 heavy (non-hydrogen) atoms. The molecule has 1 heterocycles. The first-order valence-electron chi connectivity index (χ1n) is 8.22. The molecule has 1 atom stereocenters. The van der Waals surface area contributed by atoms with E-state index in [9.17, 15) is 0 Å². The Morgan fingerprint density at radius 2 is 1.58 bits per heavy atom. The number of pyridine rings is 1. The Balaban J connectivity index is 1.59. The zero-order valence-corrected chi connectivity index (χ0v) is 13.6. The van der Waals surface area contributed by atoms with E-state index in [-0.39, 0.29) is 5.92 Å². The minimum Gasteiger partial charge on any atom is -0.489 e. The van der Waals surface area contributed by atoms with Gasteiger partial charge < -0.3 is 10.5 Å². The lowest BCUT2D eigenvalue weighted by atomic mass is 9.96. The van der Waals surface area contributed by atoms with Crippen LogP contribution in [-0.4, -0.2) is 11.5 Å². The predicted molar refractivity (Wildman–Crippen MR) is 97.0 cm³/mol. The van der Waals surface area contributed by atoms with E-state index in [1.165, 1.54) is 11.1 Å². The van der Waals surface area contributed by atoms with Crippen molar-refractivity contribution >= 4 is 0 Å². The topological polar surface area (TPSA) is 48.1 Å². The van der Waals surface area contributed by atoms with Crippen molar-refractivity contribution in [3.63, 3.8) is 0 Å². The Labute approximate surface area is 143 Å². The fourth-order valence-corrected chi connectivity index (χ4v) is 2.67. The zero-order chi connectivity index (χ0) is 16.6. The van der Waals surface area contributed by atoms with Gasteiger partial charge in [-0.25, -0.2) is 0 Å². The molecule has 1 unspecified atom stereocenters. The van der Waals surface area contributed by atoms with Crippen molar-refractivity contribution in [2.45, 2.75) is 18.9 Å². The maximum atomic E-state index is 5.93. The van der Waals surface area contributed by atoms with Crippen LogP contribution in [0, 0.1) is 0 Å². The molecule has 3 heteroatoms. The number of hydrogen-bond acceptors (Lipinski definition) is 3. The SMILES string of the molecule is NCC(Cc1ccc(OCc2ccccc2)cc1)c1ccccn1. The molecule has 0 aliphatic heterocycles. The van der Waals surface area contributed by atoms with E-state index in [1.54, 1.807) is 0 Å². The summed E-state index contributed by atoms with van der Waals surface area (Å²) in [4.78, 5) is 4.42. The third-order valence-corrected chi connectivity index (χ3v) is 4.04. The van der Waals surface area contributed by atoms with Crippen LogP contribution in [-0.2, 0) is 13.0 Å². The molecular formula is C21H22N2O. The van der Waals surface area contributed by atoms with E-state index in [1.807, 2.05) is 54.7 Å². The molecule has 0 saturated carbocycles. The fraction of sp³-hybridized carbons (Fsp3) is 0.190. The van der Waals surface area contributed by atoms with Crippen molar-refractivity contribution < 1.29 is 4.74 Å². The number of nitrogens with two attached hydrogens (primary N) is 1. The van der Waals surface area contributed by atoms with Crippen molar-refractivity contribution in [1.29, 1.82) is 0 Å². The molecule has 3 rings (SSSR count). The monoisotopic (exact) mass is 318 g/mol. The molecule has 3 nitrogen and oxygen atoms in total. The number of nitrogens with zero attached hydrogens (tertiary/aromatic N) is 1. The van der Waals surface area contributed by atoms with Gasteiger partial charge in [-0.15, -0.1) is 0 Å². The van der Waals surface area contributed by atoms with Gasteiger partial charge in [-0.05, 0) is 41.8 Å². The highest BCUT2D eigenvalue weighted by atomic mass is 16.5. The van der Waals surface area contributed by atoms with E-state index in [0.29, 0.717) is 13.2 Å². The van der Waals surface area contributed by atoms with E-state index in [4.69, 9.17) is 10.5 Å². The molecule has 0 aliphatic rings. The summed E-state index contributed by atoms with van der Waals surface area (Å²) < 4.78 is 5.83. The van der Waals surface area contributed by atoms with E-state index < -0.39 is 0 Å². The Bertz CT molecular complexity index is 727. The summed E-state index contributed by atoms with van der Waals surface area (Å²) in [6.45, 7) is 1.17. The Hall–Kier alpha value is -2.65. The number of aromatic nitrogens is 1. The smallest absolute Gasteiger partial charge is 0.119 e. The molecule has 0 aliphatic carbocycles. The number of benzene rings is 2. The third kappa shape index (κ3) is 4.43. The molecule has 0 bridgehead atoms. The molecule has 0 spiro atoms. The molecule has 2 N–H and O–H groups in total. The molecule has 0 radical (unpaired) electrons. The van der Waals surface area contributed by atoms with E-state index in [2.05, 4.69) is 29.2 Å². The van der Waals surface area contributed by atoms with Crippen molar-refractivity contribution in [3.8, 4) is 5.75 Å². The Morgan fingerprint density at radius 3 is 2.25 bits per heavy atom. The van der Waals surface area contributed by atoms with Crippen LogP contribution >= 0.6 is 0 Å². The second-order valence-corrected chi connectivity index (χ2v) is 5.81. The van der Waals surface area contributed by atoms with Gasteiger partial charge in [0, 0.05) is 24.4 Å². The van der Waals surface area contributed by atoms with Gasteiger partial charge in [0.1, 0.15) is 12.4 Å². The summed E-state index contributed by atoms with van der Waals surface area (Å²) in [5.41, 5.74) is 9.38. The maximum Gasteiger partial charge on any atom is 0.119 e. The largest absolute Gasteiger partial charge is 0.489 e. The summed E-state index contributed by atoms with van der Waals surface area (Å²) in [5.74, 6) is 1.12. The van der Waals surface area contributed by atoms with Crippen LogP contribution in [0.3, 0.4) is 0 Å². The van der Waals surface area contributed by atoms with Gasteiger partial charge in [-0.2, -0.15) is 0 Å². The zero-order valence-electron chi connectivity index (χ0n) is 13.6. The van der Waals surface area contributed by atoms with Crippen LogP contribution in [0.1, 0.15) is 22.7 Å². The highest BCUT2D eigenvalue weighted by molar-refractivity contribution is 5.29. The lowest BCUT2D eigenvalue weighted by molar-refractivity contribution is 0.306. The lowest BCUT2D eigenvalue weighted by Crippen LogP contribution is -2.16. The third-order valence-electron chi connectivity index (χ3n) is 4.04. The van der Waals surface area contributed by atoms with Crippen molar-refractivity contribution in [1.82, 2.24) is 4.98 Å². The summed E-state index contributed by atoms with van der Waals surface area (Å²) in [7, 11) is 0. The van der Waals surface area contributed by atoms with Gasteiger partial charge in [0.25, 0.3) is 0 Å². The highest BCUT2D eigenvalue weighted by Gasteiger charge is 2.11. The molecule has 0 amide bonds. The Morgan fingerprint density at radius 1 is 0.833 bits per heavy atom. The van der Waals surface area contributed by atoms with Crippen LogP contribution in [0.25, 0.3) is 0 Å². The summed E-state index contributed by atoms with van der Waals surface area (Å²) >= 11 is 0. The van der Waals surface area contributed by atoms with Crippen LogP contribution in [0.2, 0.25) is 0 Å². The van der Waals surface area contributed by atoms with E-state index >= 15 is 0 Å². The van der Waals surface area contributed by atoms with E-state index in [0.717, 1.165) is 17.9 Å². The van der Waals surface area contributed by atoms with Gasteiger partial charge in [0.15, 0.2) is 0 Å². The first-order chi connectivity index (χ1) is 11.8. The van der Waals surface area contributed by atoms with Crippen LogP contribution in [0.15, 0.2) is 79.0 Å². The fourth-order valence-electron chi connectivity index (χ4n) is 2.67. The average Bonchev–Trinajstić information content (AvgIpc) is 2.67. The van der Waals surface area contributed by atoms with Gasteiger partial charge in [0.2, 0.25) is 0 Å². The average molecular weight is 318 g/mol. The van der Waals surface area contributed by atoms with Gasteiger partial charge in [-0.1, -0.05) is 48.5 Å². The maximum absolute atomic E-state index is 5.93. The summed E-state index contributed by atoms with van der Waals surface area (Å²) in [6.07, 6.45) is 2.70. The molecule has 122 valence electrons. The number of ether oxygens (including phenoxy) is 1. The van der Waals surface area contributed by atoms with Crippen LogP contribution in [0.5, 0.6) is 5.75 Å². The quantitative estimate of drug-likeness (QED) is 0.717. The van der Waals surface area contributed by atoms with Gasteiger partial charge in [-0.3, -0.25) is 4.98 Å².